The Morgan fingerprint density at radius 1 is 1.00 bits per heavy atom. The van der Waals surface area contributed by atoms with E-state index >= 15 is 0 Å². The van der Waals surface area contributed by atoms with Gasteiger partial charge in [-0.05, 0) is 38.5 Å². The van der Waals surface area contributed by atoms with Crippen LogP contribution >= 0.6 is 0 Å². The lowest BCUT2D eigenvalue weighted by molar-refractivity contribution is -0.140. The van der Waals surface area contributed by atoms with Crippen LogP contribution in [-0.4, -0.2) is 23.6 Å². The van der Waals surface area contributed by atoms with Gasteiger partial charge in [0.05, 0.1) is 6.21 Å². The van der Waals surface area contributed by atoms with Crippen LogP contribution in [0.25, 0.3) is 0 Å². The number of nitrogens with one attached hydrogen (secondary N) is 2. The molecule has 0 saturated heterocycles. The second-order valence-corrected chi connectivity index (χ2v) is 6.72. The SMILES string of the molecule is CC(C)(C)NC(=O)C(=O)N/N=C\c1ccccc1OCc1ccccc1. The second-order valence-electron chi connectivity index (χ2n) is 6.72. The van der Waals surface area contributed by atoms with Gasteiger partial charge in [-0.3, -0.25) is 9.59 Å². The van der Waals surface area contributed by atoms with Gasteiger partial charge in [0.25, 0.3) is 0 Å². The van der Waals surface area contributed by atoms with Crippen molar-refractivity contribution in [1.82, 2.24) is 10.7 Å². The first-order valence-electron chi connectivity index (χ1n) is 8.26. The van der Waals surface area contributed by atoms with E-state index in [0.717, 1.165) is 5.56 Å². The van der Waals surface area contributed by atoms with E-state index in [0.29, 0.717) is 17.9 Å². The number of carbonyl (C=O) groups excluding carboxylic acids is 2. The minimum absolute atomic E-state index is 0.423. The van der Waals surface area contributed by atoms with Gasteiger partial charge in [0, 0.05) is 11.1 Å². The van der Waals surface area contributed by atoms with Gasteiger partial charge >= 0.3 is 11.8 Å². The van der Waals surface area contributed by atoms with Gasteiger partial charge in [0.15, 0.2) is 0 Å². The summed E-state index contributed by atoms with van der Waals surface area (Å²) in [5, 5.41) is 6.41. The summed E-state index contributed by atoms with van der Waals surface area (Å²) in [6.07, 6.45) is 1.45. The Balaban J connectivity index is 1.95. The van der Waals surface area contributed by atoms with Crippen LogP contribution in [0.2, 0.25) is 0 Å². The molecule has 2 aromatic carbocycles. The Bertz CT molecular complexity index is 780. The Hall–Kier alpha value is -3.15. The van der Waals surface area contributed by atoms with Crippen LogP contribution in [0.15, 0.2) is 59.7 Å². The van der Waals surface area contributed by atoms with Gasteiger partial charge in [-0.25, -0.2) is 5.43 Å². The average molecular weight is 353 g/mol. The van der Waals surface area contributed by atoms with Crippen LogP contribution in [0.3, 0.4) is 0 Å². The third-order valence-electron chi connectivity index (χ3n) is 3.22. The number of nitrogens with zero attached hydrogens (tertiary/aromatic N) is 1. The molecular formula is C20H23N3O3. The van der Waals surface area contributed by atoms with Crippen molar-refractivity contribution in [1.29, 1.82) is 0 Å². The number of ether oxygens (including phenoxy) is 1. The molecule has 2 rings (SSSR count). The number of para-hydroxylation sites is 1. The Labute approximate surface area is 153 Å². The molecule has 2 aromatic rings. The van der Waals surface area contributed by atoms with Crippen molar-refractivity contribution in [2.45, 2.75) is 32.9 Å². The van der Waals surface area contributed by atoms with E-state index in [-0.39, 0.29) is 0 Å². The fraction of sp³-hybridized carbons (Fsp3) is 0.250. The summed E-state index contributed by atoms with van der Waals surface area (Å²) in [6.45, 7) is 5.80. The number of hydrazone groups is 1. The van der Waals surface area contributed by atoms with Gasteiger partial charge < -0.3 is 10.1 Å². The zero-order chi connectivity index (χ0) is 19.0. The molecule has 0 aromatic heterocycles. The van der Waals surface area contributed by atoms with Crippen molar-refractivity contribution in [3.63, 3.8) is 0 Å². The number of carbonyl (C=O) groups is 2. The molecule has 0 saturated carbocycles. The second kappa shape index (κ2) is 8.80. The zero-order valence-electron chi connectivity index (χ0n) is 15.2. The molecule has 0 aliphatic rings. The first-order valence-corrected chi connectivity index (χ1v) is 8.26. The number of amides is 2. The van der Waals surface area contributed by atoms with E-state index < -0.39 is 17.4 Å². The lowest BCUT2D eigenvalue weighted by atomic mass is 10.1. The van der Waals surface area contributed by atoms with Gasteiger partial charge in [-0.1, -0.05) is 42.5 Å². The van der Waals surface area contributed by atoms with Crippen LogP contribution in [0.1, 0.15) is 31.9 Å². The van der Waals surface area contributed by atoms with E-state index in [4.69, 9.17) is 4.74 Å². The largest absolute Gasteiger partial charge is 0.488 e. The summed E-state index contributed by atoms with van der Waals surface area (Å²) in [6, 6.07) is 17.1. The molecule has 2 amide bonds. The van der Waals surface area contributed by atoms with Crippen molar-refractivity contribution in [3.05, 3.63) is 65.7 Å². The molecule has 0 spiro atoms. The highest BCUT2D eigenvalue weighted by atomic mass is 16.5. The molecule has 6 heteroatoms. The minimum atomic E-state index is -0.820. The standard InChI is InChI=1S/C20H23N3O3/c1-20(2,3)22-18(24)19(25)23-21-13-16-11-7-8-12-17(16)26-14-15-9-5-4-6-10-15/h4-13H,14H2,1-3H3,(H,22,24)(H,23,25)/b21-13-. The molecule has 0 bridgehead atoms. The molecular weight excluding hydrogens is 330 g/mol. The number of hydrogen-bond donors (Lipinski definition) is 2. The third-order valence-corrected chi connectivity index (χ3v) is 3.22. The molecule has 0 aliphatic carbocycles. The van der Waals surface area contributed by atoms with Gasteiger partial charge in [-0.15, -0.1) is 0 Å². The van der Waals surface area contributed by atoms with Crippen molar-refractivity contribution in [2.24, 2.45) is 5.10 Å². The van der Waals surface area contributed by atoms with Crippen molar-refractivity contribution < 1.29 is 14.3 Å². The van der Waals surface area contributed by atoms with Crippen molar-refractivity contribution in [3.8, 4) is 5.75 Å². The van der Waals surface area contributed by atoms with E-state index in [2.05, 4.69) is 15.8 Å². The maximum atomic E-state index is 11.7. The van der Waals surface area contributed by atoms with Gasteiger partial charge in [0.1, 0.15) is 12.4 Å². The quantitative estimate of drug-likeness (QED) is 0.493. The van der Waals surface area contributed by atoms with E-state index in [1.807, 2.05) is 54.6 Å². The zero-order valence-corrected chi connectivity index (χ0v) is 15.2. The summed E-state index contributed by atoms with van der Waals surface area (Å²) in [5.74, 6) is -0.921. The number of rotatable bonds is 5. The molecule has 2 N–H and O–H groups in total. The van der Waals surface area contributed by atoms with E-state index in [9.17, 15) is 9.59 Å². The fourth-order valence-electron chi connectivity index (χ4n) is 2.06. The molecule has 136 valence electrons. The molecule has 26 heavy (non-hydrogen) atoms. The lowest BCUT2D eigenvalue weighted by Gasteiger charge is -2.19. The average Bonchev–Trinajstić information content (AvgIpc) is 2.60. The maximum absolute atomic E-state index is 11.7. The summed E-state index contributed by atoms with van der Waals surface area (Å²) in [7, 11) is 0. The van der Waals surface area contributed by atoms with Crippen LogP contribution < -0.4 is 15.5 Å². The van der Waals surface area contributed by atoms with Crippen LogP contribution in [0.4, 0.5) is 0 Å². The smallest absolute Gasteiger partial charge is 0.329 e. The normalized spacial score (nSPS) is 11.2. The highest BCUT2D eigenvalue weighted by Gasteiger charge is 2.19. The predicted octanol–water partition coefficient (Wildman–Crippen LogP) is 2.63. The topological polar surface area (TPSA) is 79.8 Å². The highest BCUT2D eigenvalue weighted by Crippen LogP contribution is 2.17. The molecule has 0 aliphatic heterocycles. The van der Waals surface area contributed by atoms with Crippen molar-refractivity contribution in [2.75, 3.05) is 0 Å². The fourth-order valence-corrected chi connectivity index (χ4v) is 2.06. The first-order chi connectivity index (χ1) is 12.3. The highest BCUT2D eigenvalue weighted by molar-refractivity contribution is 6.35. The lowest BCUT2D eigenvalue weighted by Crippen LogP contribution is -2.47. The summed E-state index contributed by atoms with van der Waals surface area (Å²) in [4.78, 5) is 23.4. The number of hydrogen-bond acceptors (Lipinski definition) is 4. The van der Waals surface area contributed by atoms with Crippen LogP contribution in [0, 0.1) is 0 Å². The Kier molecular flexibility index (Phi) is 6.49. The minimum Gasteiger partial charge on any atom is -0.488 e. The molecule has 0 atom stereocenters. The molecule has 0 fully saturated rings. The van der Waals surface area contributed by atoms with E-state index in [1.165, 1.54) is 6.21 Å². The molecule has 6 nitrogen and oxygen atoms in total. The monoisotopic (exact) mass is 353 g/mol. The summed E-state index contributed by atoms with van der Waals surface area (Å²) < 4.78 is 5.81. The molecule has 0 heterocycles. The van der Waals surface area contributed by atoms with Gasteiger partial charge in [-0.2, -0.15) is 5.10 Å². The van der Waals surface area contributed by atoms with E-state index in [1.54, 1.807) is 20.8 Å². The molecule has 0 radical (unpaired) electrons. The Morgan fingerprint density at radius 3 is 2.35 bits per heavy atom. The predicted molar refractivity (Wildman–Crippen MR) is 101 cm³/mol. The Morgan fingerprint density at radius 2 is 1.65 bits per heavy atom. The molecule has 0 unspecified atom stereocenters. The number of benzene rings is 2. The maximum Gasteiger partial charge on any atom is 0.329 e. The van der Waals surface area contributed by atoms with Crippen molar-refractivity contribution >= 4 is 18.0 Å². The van der Waals surface area contributed by atoms with Gasteiger partial charge in [0.2, 0.25) is 0 Å². The van der Waals surface area contributed by atoms with Crippen LogP contribution in [-0.2, 0) is 16.2 Å². The first kappa shape index (κ1) is 19.2. The summed E-state index contributed by atoms with van der Waals surface area (Å²) >= 11 is 0. The summed E-state index contributed by atoms with van der Waals surface area (Å²) in [5.41, 5.74) is 3.47. The third kappa shape index (κ3) is 6.39. The van der Waals surface area contributed by atoms with Crippen LogP contribution in [0.5, 0.6) is 5.75 Å².